The third-order valence-corrected chi connectivity index (χ3v) is 3.88. The van der Waals surface area contributed by atoms with E-state index >= 15 is 0 Å². The topological polar surface area (TPSA) is 88.5 Å². The van der Waals surface area contributed by atoms with E-state index in [0.29, 0.717) is 29.9 Å². The highest BCUT2D eigenvalue weighted by molar-refractivity contribution is 5.78. The minimum absolute atomic E-state index is 0.145. The van der Waals surface area contributed by atoms with Gasteiger partial charge in [-0.05, 0) is 23.3 Å². The molecule has 4 rings (SSSR count). The number of para-hydroxylation sites is 1. The van der Waals surface area contributed by atoms with E-state index in [4.69, 9.17) is 0 Å². The highest BCUT2D eigenvalue weighted by atomic mass is 16.1. The summed E-state index contributed by atoms with van der Waals surface area (Å²) in [5.74, 6) is 0.463. The Morgan fingerprint density at radius 1 is 1.08 bits per heavy atom. The largest absolute Gasteiger partial charge is 0.352 e. The molecule has 0 bridgehead atoms. The van der Waals surface area contributed by atoms with Crippen LogP contribution in [0.4, 0.5) is 5.95 Å². The van der Waals surface area contributed by atoms with Gasteiger partial charge in [0, 0.05) is 6.54 Å². The van der Waals surface area contributed by atoms with E-state index in [1.54, 1.807) is 17.1 Å². The first-order valence-electron chi connectivity index (χ1n) is 7.91. The lowest BCUT2D eigenvalue weighted by Crippen LogP contribution is -2.13. The molecule has 0 radical (unpaired) electrons. The van der Waals surface area contributed by atoms with Crippen LogP contribution in [0.5, 0.6) is 0 Å². The first-order chi connectivity index (χ1) is 12.3. The van der Waals surface area contributed by atoms with Crippen molar-refractivity contribution in [3.8, 4) is 0 Å². The van der Waals surface area contributed by atoms with Crippen molar-refractivity contribution in [3.63, 3.8) is 0 Å². The van der Waals surface area contributed by atoms with Gasteiger partial charge in [-0.2, -0.15) is 5.10 Å². The second-order valence-electron chi connectivity index (χ2n) is 5.70. The van der Waals surface area contributed by atoms with E-state index in [1.807, 2.05) is 36.4 Å². The van der Waals surface area contributed by atoms with Crippen LogP contribution in [0, 0.1) is 0 Å². The number of H-pyrrole nitrogens is 1. The van der Waals surface area contributed by atoms with E-state index in [0.717, 1.165) is 11.1 Å². The van der Waals surface area contributed by atoms with Crippen LogP contribution in [0.3, 0.4) is 0 Å². The Labute approximate surface area is 143 Å². The predicted octanol–water partition coefficient (Wildman–Crippen LogP) is 2.17. The minimum atomic E-state index is -0.145. The maximum Gasteiger partial charge on any atom is 0.260 e. The molecule has 7 heteroatoms. The molecular weight excluding hydrogens is 316 g/mol. The zero-order chi connectivity index (χ0) is 17.1. The summed E-state index contributed by atoms with van der Waals surface area (Å²) in [6, 6.07) is 15.4. The number of benzene rings is 2. The molecule has 0 spiro atoms. The van der Waals surface area contributed by atoms with Gasteiger partial charge in [-0.15, -0.1) is 0 Å². The summed E-state index contributed by atoms with van der Waals surface area (Å²) in [5.41, 5.74) is 2.75. The van der Waals surface area contributed by atoms with Crippen molar-refractivity contribution in [2.24, 2.45) is 0 Å². The Hall–Kier alpha value is -3.48. The van der Waals surface area contributed by atoms with Crippen molar-refractivity contribution in [2.45, 2.75) is 13.1 Å². The molecule has 0 unspecified atom stereocenters. The summed E-state index contributed by atoms with van der Waals surface area (Å²) in [5, 5.41) is 7.88. The average molecular weight is 332 g/mol. The summed E-state index contributed by atoms with van der Waals surface area (Å²) in [6.45, 7) is 1.23. The predicted molar refractivity (Wildman–Crippen MR) is 95.3 cm³/mol. The van der Waals surface area contributed by atoms with Crippen LogP contribution in [0.1, 0.15) is 11.1 Å². The summed E-state index contributed by atoms with van der Waals surface area (Å²) in [6.07, 6.45) is 3.21. The number of aromatic amines is 1. The Kier molecular flexibility index (Phi) is 3.96. The van der Waals surface area contributed by atoms with Crippen molar-refractivity contribution in [3.05, 3.63) is 82.7 Å². The lowest BCUT2D eigenvalue weighted by Gasteiger charge is -2.08. The number of aromatic nitrogens is 5. The highest BCUT2D eigenvalue weighted by Gasteiger charge is 2.03. The van der Waals surface area contributed by atoms with Gasteiger partial charge in [0.1, 0.15) is 12.7 Å². The maximum absolute atomic E-state index is 12.1. The quantitative estimate of drug-likeness (QED) is 0.585. The molecule has 0 aliphatic heterocycles. The summed E-state index contributed by atoms with van der Waals surface area (Å²) >= 11 is 0. The Morgan fingerprint density at radius 3 is 2.84 bits per heavy atom. The van der Waals surface area contributed by atoms with Gasteiger partial charge in [0.2, 0.25) is 5.95 Å². The fraction of sp³-hybridized carbons (Fsp3) is 0.111. The third kappa shape index (κ3) is 3.40. The van der Waals surface area contributed by atoms with Crippen LogP contribution in [0.15, 0.2) is 66.0 Å². The number of hydrogen-bond donors (Lipinski definition) is 2. The molecule has 0 saturated heterocycles. The van der Waals surface area contributed by atoms with E-state index in [-0.39, 0.29) is 5.56 Å². The lowest BCUT2D eigenvalue weighted by atomic mass is 10.1. The molecule has 0 amide bonds. The normalized spacial score (nSPS) is 10.9. The minimum Gasteiger partial charge on any atom is -0.352 e. The maximum atomic E-state index is 12.1. The van der Waals surface area contributed by atoms with Gasteiger partial charge < -0.3 is 5.32 Å². The smallest absolute Gasteiger partial charge is 0.260 e. The van der Waals surface area contributed by atoms with Crippen molar-refractivity contribution in [2.75, 3.05) is 5.32 Å². The van der Waals surface area contributed by atoms with Crippen LogP contribution < -0.4 is 10.9 Å². The Bertz CT molecular complexity index is 1050. The fourth-order valence-corrected chi connectivity index (χ4v) is 2.70. The molecule has 0 aliphatic rings. The molecule has 2 aromatic heterocycles. The average Bonchev–Trinajstić information content (AvgIpc) is 3.13. The molecule has 4 aromatic rings. The van der Waals surface area contributed by atoms with Gasteiger partial charge in [0.05, 0.1) is 17.4 Å². The molecule has 2 N–H and O–H groups in total. The fourth-order valence-electron chi connectivity index (χ4n) is 2.70. The standard InChI is InChI=1S/C18H16N6O/c25-17-15-6-1-2-7-16(15)22-18(23-17)20-9-13-4-3-5-14(8-13)10-24-12-19-11-21-24/h1-8,11-12H,9-10H2,(H2,20,22,23,25). The number of rotatable bonds is 5. The monoisotopic (exact) mass is 332 g/mol. The van der Waals surface area contributed by atoms with Gasteiger partial charge in [0.15, 0.2) is 0 Å². The molecule has 0 saturated carbocycles. The summed E-state index contributed by atoms with van der Waals surface area (Å²) in [4.78, 5) is 23.3. The van der Waals surface area contributed by atoms with E-state index in [1.165, 1.54) is 6.33 Å². The zero-order valence-electron chi connectivity index (χ0n) is 13.4. The molecule has 25 heavy (non-hydrogen) atoms. The second kappa shape index (κ2) is 6.56. The molecule has 7 nitrogen and oxygen atoms in total. The van der Waals surface area contributed by atoms with Gasteiger partial charge >= 0.3 is 0 Å². The molecular formula is C18H16N6O. The number of nitrogens with one attached hydrogen (secondary N) is 2. The van der Waals surface area contributed by atoms with Crippen molar-refractivity contribution >= 4 is 16.9 Å². The third-order valence-electron chi connectivity index (χ3n) is 3.88. The van der Waals surface area contributed by atoms with Crippen molar-refractivity contribution in [1.82, 2.24) is 24.7 Å². The van der Waals surface area contributed by atoms with Crippen molar-refractivity contribution < 1.29 is 0 Å². The van der Waals surface area contributed by atoms with Crippen LogP contribution in [-0.4, -0.2) is 24.7 Å². The SMILES string of the molecule is O=c1[nH]c(NCc2cccc(Cn3cncn3)c2)nc2ccccc12. The lowest BCUT2D eigenvalue weighted by molar-refractivity contribution is 0.684. The molecule has 2 heterocycles. The molecule has 124 valence electrons. The van der Waals surface area contributed by atoms with Gasteiger partial charge in [-0.1, -0.05) is 36.4 Å². The zero-order valence-corrected chi connectivity index (χ0v) is 13.4. The molecule has 2 aromatic carbocycles. The number of hydrogen-bond acceptors (Lipinski definition) is 5. The van der Waals surface area contributed by atoms with Gasteiger partial charge in [0.25, 0.3) is 5.56 Å². The van der Waals surface area contributed by atoms with Crippen LogP contribution in [0.25, 0.3) is 10.9 Å². The number of anilines is 1. The Balaban J connectivity index is 1.50. The highest BCUT2D eigenvalue weighted by Crippen LogP contribution is 2.11. The first-order valence-corrected chi connectivity index (χ1v) is 7.91. The molecule has 0 fully saturated rings. The second-order valence-corrected chi connectivity index (χ2v) is 5.70. The summed E-state index contributed by atoms with van der Waals surface area (Å²) < 4.78 is 1.77. The Morgan fingerprint density at radius 2 is 1.96 bits per heavy atom. The van der Waals surface area contributed by atoms with E-state index in [9.17, 15) is 4.79 Å². The van der Waals surface area contributed by atoms with Crippen LogP contribution in [-0.2, 0) is 13.1 Å². The van der Waals surface area contributed by atoms with E-state index < -0.39 is 0 Å². The van der Waals surface area contributed by atoms with Gasteiger partial charge in [-0.3, -0.25) is 9.78 Å². The van der Waals surface area contributed by atoms with Crippen LogP contribution in [0.2, 0.25) is 0 Å². The van der Waals surface area contributed by atoms with E-state index in [2.05, 4.69) is 31.4 Å². The van der Waals surface area contributed by atoms with Crippen molar-refractivity contribution in [1.29, 1.82) is 0 Å². The molecule has 0 aliphatic carbocycles. The number of nitrogens with zero attached hydrogens (tertiary/aromatic N) is 4. The summed E-state index contributed by atoms with van der Waals surface area (Å²) in [7, 11) is 0. The number of fused-ring (bicyclic) bond motifs is 1. The van der Waals surface area contributed by atoms with Crippen LogP contribution >= 0.6 is 0 Å². The first kappa shape index (κ1) is 15.1. The molecule has 0 atom stereocenters. The van der Waals surface area contributed by atoms with Gasteiger partial charge in [-0.25, -0.2) is 14.6 Å².